The molecule has 3 aromatic carbocycles. The molecule has 0 amide bonds. The van der Waals surface area contributed by atoms with E-state index in [1.165, 1.54) is 0 Å². The second-order valence-corrected chi connectivity index (χ2v) is 6.33. The highest BCUT2D eigenvalue weighted by Crippen LogP contribution is 2.35. The highest BCUT2D eigenvalue weighted by molar-refractivity contribution is 6.32. The summed E-state index contributed by atoms with van der Waals surface area (Å²) in [6, 6.07) is 11.3. The molecule has 0 aromatic heterocycles. The second-order valence-electron chi connectivity index (χ2n) is 5.92. The number of aromatic hydroxyl groups is 1. The Morgan fingerprint density at radius 3 is 2.18 bits per heavy atom. The molecule has 146 valence electrons. The lowest BCUT2D eigenvalue weighted by Gasteiger charge is -2.12. The standard InChI is InChI=1S/C20H12ClF5O2/c21-15-9-14(20(24,25)26)4-5-18(15)28-10-11-2-1-3-12(6-11)13-7-16(22)19(27)17(23)8-13/h1-9,27H,10H2. The first-order valence-corrected chi connectivity index (χ1v) is 8.30. The molecule has 0 radical (unpaired) electrons. The first kappa shape index (κ1) is 19.9. The third-order valence-corrected chi connectivity index (χ3v) is 4.23. The summed E-state index contributed by atoms with van der Waals surface area (Å²) < 4.78 is 70.6. The molecule has 0 atom stereocenters. The fraction of sp³-hybridized carbons (Fsp3) is 0.100. The molecule has 0 heterocycles. The predicted molar refractivity (Wildman–Crippen MR) is 94.2 cm³/mol. The molecule has 28 heavy (non-hydrogen) atoms. The Balaban J connectivity index is 1.79. The minimum Gasteiger partial charge on any atom is -0.503 e. The minimum absolute atomic E-state index is 0.0258. The Labute approximate surface area is 161 Å². The van der Waals surface area contributed by atoms with Crippen LogP contribution in [0.25, 0.3) is 11.1 Å². The number of ether oxygens (including phenoxy) is 1. The van der Waals surface area contributed by atoms with Gasteiger partial charge in [-0.2, -0.15) is 13.2 Å². The van der Waals surface area contributed by atoms with Gasteiger partial charge in [0, 0.05) is 0 Å². The van der Waals surface area contributed by atoms with E-state index in [0.29, 0.717) is 11.1 Å². The molecule has 2 nitrogen and oxygen atoms in total. The number of alkyl halides is 3. The monoisotopic (exact) mass is 414 g/mol. The van der Waals surface area contributed by atoms with Crippen LogP contribution in [0.1, 0.15) is 11.1 Å². The van der Waals surface area contributed by atoms with Gasteiger partial charge in [-0.25, -0.2) is 8.78 Å². The molecule has 8 heteroatoms. The summed E-state index contributed by atoms with van der Waals surface area (Å²) in [4.78, 5) is 0. The Morgan fingerprint density at radius 2 is 1.57 bits per heavy atom. The molecule has 1 N–H and O–H groups in total. The van der Waals surface area contributed by atoms with E-state index in [-0.39, 0.29) is 22.9 Å². The summed E-state index contributed by atoms with van der Waals surface area (Å²) >= 11 is 5.85. The van der Waals surface area contributed by atoms with E-state index in [4.69, 9.17) is 16.3 Å². The summed E-state index contributed by atoms with van der Waals surface area (Å²) in [7, 11) is 0. The number of halogens is 6. The average Bonchev–Trinajstić information content (AvgIpc) is 2.64. The van der Waals surface area contributed by atoms with E-state index < -0.39 is 29.1 Å². The van der Waals surface area contributed by atoms with Crippen molar-refractivity contribution in [3.63, 3.8) is 0 Å². The Bertz CT molecular complexity index is 995. The Morgan fingerprint density at radius 1 is 0.893 bits per heavy atom. The van der Waals surface area contributed by atoms with Gasteiger partial charge in [-0.15, -0.1) is 0 Å². The van der Waals surface area contributed by atoms with Crippen molar-refractivity contribution in [2.75, 3.05) is 0 Å². The number of phenols is 1. The van der Waals surface area contributed by atoms with Gasteiger partial charge in [0.25, 0.3) is 0 Å². The largest absolute Gasteiger partial charge is 0.503 e. The molecule has 0 fully saturated rings. The number of benzene rings is 3. The van der Waals surface area contributed by atoms with Crippen LogP contribution in [-0.2, 0) is 12.8 Å². The summed E-state index contributed by atoms with van der Waals surface area (Å²) in [6.07, 6.45) is -4.51. The van der Waals surface area contributed by atoms with Gasteiger partial charge in [-0.3, -0.25) is 0 Å². The fourth-order valence-corrected chi connectivity index (χ4v) is 2.76. The lowest BCUT2D eigenvalue weighted by molar-refractivity contribution is -0.137. The van der Waals surface area contributed by atoms with E-state index in [9.17, 15) is 27.1 Å². The van der Waals surface area contributed by atoms with Gasteiger partial charge < -0.3 is 9.84 Å². The van der Waals surface area contributed by atoms with Gasteiger partial charge in [0.05, 0.1) is 10.6 Å². The third kappa shape index (κ3) is 4.36. The molecule has 0 aliphatic rings. The SMILES string of the molecule is Oc1c(F)cc(-c2cccc(COc3ccc(C(F)(F)F)cc3Cl)c2)cc1F. The number of hydrogen-bond donors (Lipinski definition) is 1. The van der Waals surface area contributed by atoms with Crippen molar-refractivity contribution in [2.45, 2.75) is 12.8 Å². The number of hydrogen-bond acceptors (Lipinski definition) is 2. The van der Waals surface area contributed by atoms with Crippen LogP contribution < -0.4 is 4.74 Å². The number of phenolic OH excluding ortho intramolecular Hbond substituents is 1. The van der Waals surface area contributed by atoms with Crippen molar-refractivity contribution < 1.29 is 31.8 Å². The van der Waals surface area contributed by atoms with Gasteiger partial charge in [0.15, 0.2) is 17.4 Å². The van der Waals surface area contributed by atoms with Crippen molar-refractivity contribution in [3.8, 4) is 22.6 Å². The average molecular weight is 415 g/mol. The van der Waals surface area contributed by atoms with Crippen molar-refractivity contribution in [3.05, 3.63) is 82.4 Å². The Kier molecular flexibility index (Phi) is 5.47. The van der Waals surface area contributed by atoms with E-state index >= 15 is 0 Å². The van der Waals surface area contributed by atoms with Crippen molar-refractivity contribution in [1.82, 2.24) is 0 Å². The van der Waals surface area contributed by atoms with Crippen LogP contribution in [0.3, 0.4) is 0 Å². The molecule has 0 saturated carbocycles. The minimum atomic E-state index is -4.51. The zero-order chi connectivity index (χ0) is 20.5. The molecule has 3 aromatic rings. The first-order chi connectivity index (χ1) is 13.1. The van der Waals surface area contributed by atoms with Crippen molar-refractivity contribution in [1.29, 1.82) is 0 Å². The normalized spacial score (nSPS) is 11.5. The molecule has 0 bridgehead atoms. The maximum absolute atomic E-state index is 13.5. The summed E-state index contributed by atoms with van der Waals surface area (Å²) in [5.74, 6) is -3.16. The van der Waals surface area contributed by atoms with Gasteiger partial charge in [0.2, 0.25) is 0 Å². The maximum Gasteiger partial charge on any atom is 0.416 e. The third-order valence-electron chi connectivity index (χ3n) is 3.93. The van der Waals surface area contributed by atoms with Crippen molar-refractivity contribution in [2.24, 2.45) is 0 Å². The highest BCUT2D eigenvalue weighted by Gasteiger charge is 2.31. The van der Waals surface area contributed by atoms with Gasteiger partial charge in [-0.05, 0) is 53.1 Å². The van der Waals surface area contributed by atoms with Crippen LogP contribution >= 0.6 is 11.6 Å². The predicted octanol–water partition coefficient (Wildman–Crippen LogP) is 6.59. The molecule has 0 saturated heterocycles. The molecule has 0 unspecified atom stereocenters. The lowest BCUT2D eigenvalue weighted by atomic mass is 10.0. The number of rotatable bonds is 4. The highest BCUT2D eigenvalue weighted by atomic mass is 35.5. The quantitative estimate of drug-likeness (QED) is 0.488. The van der Waals surface area contributed by atoms with E-state index in [1.54, 1.807) is 24.3 Å². The molecular formula is C20H12ClF5O2. The molecule has 0 aliphatic carbocycles. The van der Waals surface area contributed by atoms with Crippen molar-refractivity contribution >= 4 is 11.6 Å². The molecule has 0 spiro atoms. The zero-order valence-electron chi connectivity index (χ0n) is 14.0. The van der Waals surface area contributed by atoms with E-state index in [1.807, 2.05) is 0 Å². The first-order valence-electron chi connectivity index (χ1n) is 7.92. The Hall–Kier alpha value is -2.80. The second kappa shape index (κ2) is 7.67. The van der Waals surface area contributed by atoms with Gasteiger partial charge in [-0.1, -0.05) is 29.8 Å². The van der Waals surface area contributed by atoms with Gasteiger partial charge >= 0.3 is 6.18 Å². The maximum atomic E-state index is 13.5. The molecular weight excluding hydrogens is 403 g/mol. The fourth-order valence-electron chi connectivity index (χ4n) is 2.53. The van der Waals surface area contributed by atoms with Crippen LogP contribution in [0.15, 0.2) is 54.6 Å². The van der Waals surface area contributed by atoms with E-state index in [2.05, 4.69) is 0 Å². The van der Waals surface area contributed by atoms with Crippen LogP contribution in [0, 0.1) is 11.6 Å². The lowest BCUT2D eigenvalue weighted by Crippen LogP contribution is -2.05. The summed E-state index contributed by atoms with van der Waals surface area (Å²) in [5.41, 5.74) is 0.394. The summed E-state index contributed by atoms with van der Waals surface area (Å²) in [5, 5.41) is 9.00. The van der Waals surface area contributed by atoms with Crippen LogP contribution in [-0.4, -0.2) is 5.11 Å². The van der Waals surface area contributed by atoms with Crippen LogP contribution in [0.2, 0.25) is 5.02 Å². The van der Waals surface area contributed by atoms with Gasteiger partial charge in [0.1, 0.15) is 12.4 Å². The molecule has 3 rings (SSSR count). The zero-order valence-corrected chi connectivity index (χ0v) is 14.8. The van der Waals surface area contributed by atoms with E-state index in [0.717, 1.165) is 30.3 Å². The smallest absolute Gasteiger partial charge is 0.416 e. The topological polar surface area (TPSA) is 29.5 Å². The van der Waals surface area contributed by atoms with Crippen LogP contribution in [0.5, 0.6) is 11.5 Å². The van der Waals surface area contributed by atoms with Crippen LogP contribution in [0.4, 0.5) is 22.0 Å². The summed E-state index contributed by atoms with van der Waals surface area (Å²) in [6.45, 7) is -0.0258. The molecule has 0 aliphatic heterocycles.